The average molecular weight is 327 g/mol. The van der Waals surface area contributed by atoms with Crippen LogP contribution in [-0.2, 0) is 0 Å². The Balaban J connectivity index is 1.85. The van der Waals surface area contributed by atoms with E-state index in [0.29, 0.717) is 13.1 Å². The summed E-state index contributed by atoms with van der Waals surface area (Å²) in [6.07, 6.45) is 1.19. The van der Waals surface area contributed by atoms with E-state index in [1.54, 1.807) is 4.90 Å². The molecule has 3 rings (SSSR count). The Kier molecular flexibility index (Phi) is 4.18. The van der Waals surface area contributed by atoms with Gasteiger partial charge in [-0.1, -0.05) is 44.2 Å². The van der Waals surface area contributed by atoms with E-state index >= 15 is 0 Å². The first-order valence-electron chi connectivity index (χ1n) is 7.93. The van der Waals surface area contributed by atoms with E-state index in [4.69, 9.17) is 9.15 Å². The number of rotatable bonds is 3. The van der Waals surface area contributed by atoms with Gasteiger partial charge < -0.3 is 14.1 Å². The number of carbonyl (C=O) groups excluding carboxylic acids is 1. The molecule has 0 bridgehead atoms. The smallest absolute Gasteiger partial charge is 0.289 e. The highest BCUT2D eigenvalue weighted by Crippen LogP contribution is 2.42. The molecule has 1 aromatic heterocycles. The molecule has 1 aromatic carbocycles. The number of carbonyl (C=O) groups is 1. The summed E-state index contributed by atoms with van der Waals surface area (Å²) in [5.74, 6) is 0.120. The molecule has 0 spiro atoms. The number of hydrogen-bond acceptors (Lipinski definition) is 4. The van der Waals surface area contributed by atoms with Gasteiger partial charge in [-0.15, -0.1) is 0 Å². The van der Waals surface area contributed by atoms with E-state index in [-0.39, 0.29) is 34.2 Å². The highest BCUT2D eigenvalue weighted by molar-refractivity contribution is 5.91. The van der Waals surface area contributed by atoms with Crippen LogP contribution in [0.25, 0.3) is 0 Å². The number of likely N-dealkylation sites (tertiary alicyclic amines) is 1. The summed E-state index contributed by atoms with van der Waals surface area (Å²) in [6.45, 7) is 5.52. The van der Waals surface area contributed by atoms with Crippen molar-refractivity contribution >= 4 is 5.91 Å². The van der Waals surface area contributed by atoms with Crippen molar-refractivity contribution in [2.75, 3.05) is 20.2 Å². The summed E-state index contributed by atoms with van der Waals surface area (Å²) < 4.78 is 10.2. The van der Waals surface area contributed by atoms with E-state index in [9.17, 15) is 9.59 Å². The predicted octanol–water partition coefficient (Wildman–Crippen LogP) is 2.91. The van der Waals surface area contributed by atoms with Crippen molar-refractivity contribution in [1.82, 2.24) is 4.90 Å². The Morgan fingerprint density at radius 3 is 2.62 bits per heavy atom. The molecule has 1 atom stereocenters. The van der Waals surface area contributed by atoms with Crippen LogP contribution in [0.15, 0.2) is 51.9 Å². The molecule has 24 heavy (non-hydrogen) atoms. The second-order valence-corrected chi connectivity index (χ2v) is 6.81. The fourth-order valence-corrected chi connectivity index (χ4v) is 3.35. The minimum Gasteiger partial charge on any atom is -0.490 e. The van der Waals surface area contributed by atoms with Gasteiger partial charge in [0, 0.05) is 25.1 Å². The second kappa shape index (κ2) is 6.15. The molecule has 2 heterocycles. The monoisotopic (exact) mass is 327 g/mol. The van der Waals surface area contributed by atoms with Crippen LogP contribution < -0.4 is 10.2 Å². The molecule has 1 aliphatic heterocycles. The quantitative estimate of drug-likeness (QED) is 0.870. The minimum atomic E-state index is -0.356. The Bertz CT molecular complexity index is 795. The Labute approximate surface area is 140 Å². The highest BCUT2D eigenvalue weighted by Gasteiger charge is 2.42. The van der Waals surface area contributed by atoms with Gasteiger partial charge in [0.25, 0.3) is 5.91 Å². The lowest BCUT2D eigenvalue weighted by atomic mass is 9.78. The summed E-state index contributed by atoms with van der Waals surface area (Å²) in [7, 11) is 1.39. The number of amides is 1. The van der Waals surface area contributed by atoms with Gasteiger partial charge in [0.15, 0.2) is 5.76 Å². The van der Waals surface area contributed by atoms with Gasteiger partial charge in [-0.2, -0.15) is 0 Å². The van der Waals surface area contributed by atoms with Crippen LogP contribution in [0.1, 0.15) is 35.9 Å². The van der Waals surface area contributed by atoms with Crippen molar-refractivity contribution in [1.29, 1.82) is 0 Å². The summed E-state index contributed by atoms with van der Waals surface area (Å²) in [6, 6.07) is 11.4. The van der Waals surface area contributed by atoms with E-state index in [1.165, 1.54) is 25.0 Å². The molecule has 1 fully saturated rings. The molecule has 2 aromatic rings. The third-order valence-corrected chi connectivity index (χ3v) is 4.66. The zero-order valence-corrected chi connectivity index (χ0v) is 14.1. The third kappa shape index (κ3) is 2.94. The van der Waals surface area contributed by atoms with Crippen molar-refractivity contribution in [3.05, 3.63) is 64.2 Å². The molecule has 0 N–H and O–H groups in total. The molecule has 0 unspecified atom stereocenters. The van der Waals surface area contributed by atoms with E-state index < -0.39 is 0 Å². The third-order valence-electron chi connectivity index (χ3n) is 4.66. The number of methoxy groups -OCH3 is 1. The lowest BCUT2D eigenvalue weighted by Crippen LogP contribution is -2.30. The number of ether oxygens (including phenoxy) is 1. The van der Waals surface area contributed by atoms with Crippen LogP contribution in [0.4, 0.5) is 0 Å². The van der Waals surface area contributed by atoms with Crippen LogP contribution in [0.3, 0.4) is 0 Å². The second-order valence-electron chi connectivity index (χ2n) is 6.81. The van der Waals surface area contributed by atoms with E-state index in [2.05, 4.69) is 26.0 Å². The van der Waals surface area contributed by atoms with Crippen molar-refractivity contribution in [2.45, 2.75) is 19.8 Å². The predicted molar refractivity (Wildman–Crippen MR) is 90.4 cm³/mol. The van der Waals surface area contributed by atoms with Gasteiger partial charge in [0.05, 0.1) is 7.11 Å². The van der Waals surface area contributed by atoms with Crippen LogP contribution in [0, 0.1) is 5.41 Å². The molecule has 5 heteroatoms. The Hall–Kier alpha value is -2.56. The molecule has 126 valence electrons. The van der Waals surface area contributed by atoms with Crippen molar-refractivity contribution in [2.24, 2.45) is 5.41 Å². The van der Waals surface area contributed by atoms with Crippen LogP contribution in [0.5, 0.6) is 5.75 Å². The Morgan fingerprint density at radius 1 is 1.29 bits per heavy atom. The van der Waals surface area contributed by atoms with Gasteiger partial charge in [-0.25, -0.2) is 0 Å². The van der Waals surface area contributed by atoms with Gasteiger partial charge in [-0.05, 0) is 11.0 Å². The number of hydrogen-bond donors (Lipinski definition) is 0. The first-order valence-corrected chi connectivity index (χ1v) is 7.93. The van der Waals surface area contributed by atoms with Gasteiger partial charge in [0.2, 0.25) is 11.2 Å². The molecular formula is C19H21NO4. The molecule has 0 radical (unpaired) electrons. The maximum Gasteiger partial charge on any atom is 0.289 e. The summed E-state index contributed by atoms with van der Waals surface area (Å²) >= 11 is 0. The highest BCUT2D eigenvalue weighted by atomic mass is 16.5. The van der Waals surface area contributed by atoms with Crippen molar-refractivity contribution in [3.8, 4) is 5.75 Å². The molecule has 5 nitrogen and oxygen atoms in total. The van der Waals surface area contributed by atoms with E-state index in [0.717, 1.165) is 0 Å². The minimum absolute atomic E-state index is 0.0466. The van der Waals surface area contributed by atoms with Crippen LogP contribution in [0.2, 0.25) is 0 Å². The summed E-state index contributed by atoms with van der Waals surface area (Å²) in [5.41, 5.74) is 0.809. The van der Waals surface area contributed by atoms with Gasteiger partial charge in [-0.3, -0.25) is 9.59 Å². The molecule has 1 amide bonds. The van der Waals surface area contributed by atoms with Crippen LogP contribution >= 0.6 is 0 Å². The maximum absolute atomic E-state index is 12.7. The maximum atomic E-state index is 12.7. The number of benzene rings is 1. The molecule has 1 aliphatic rings. The Morgan fingerprint density at radius 2 is 2.00 bits per heavy atom. The SMILES string of the molecule is COc1coc(C(=O)N2C[C@@H](c3ccccc3)C(C)(C)C2)cc1=O. The normalized spacial score (nSPS) is 19.3. The molecule has 0 aliphatic carbocycles. The molecular weight excluding hydrogens is 306 g/mol. The van der Waals surface area contributed by atoms with Crippen molar-refractivity contribution in [3.63, 3.8) is 0 Å². The standard InChI is InChI=1S/C19H21NO4/c1-19(2)12-20(10-14(19)13-7-5-4-6-8-13)18(22)16-9-15(21)17(23-3)11-24-16/h4-9,11,14H,10,12H2,1-3H3/t14-/m0/s1. The summed E-state index contributed by atoms with van der Waals surface area (Å²) in [5, 5.41) is 0. The van der Waals surface area contributed by atoms with Crippen LogP contribution in [-0.4, -0.2) is 31.0 Å². The van der Waals surface area contributed by atoms with Crippen molar-refractivity contribution < 1.29 is 13.9 Å². The zero-order chi connectivity index (χ0) is 17.3. The zero-order valence-electron chi connectivity index (χ0n) is 14.1. The first kappa shape index (κ1) is 16.3. The van der Waals surface area contributed by atoms with E-state index in [1.807, 2.05) is 18.2 Å². The lowest BCUT2D eigenvalue weighted by Gasteiger charge is -2.25. The molecule has 1 saturated heterocycles. The summed E-state index contributed by atoms with van der Waals surface area (Å²) in [4.78, 5) is 26.3. The average Bonchev–Trinajstić information content (AvgIpc) is 2.90. The number of nitrogens with zero attached hydrogens (tertiary/aromatic N) is 1. The van der Waals surface area contributed by atoms with Gasteiger partial charge >= 0.3 is 0 Å². The van der Waals surface area contributed by atoms with Gasteiger partial charge in [0.1, 0.15) is 6.26 Å². The molecule has 0 saturated carbocycles. The largest absolute Gasteiger partial charge is 0.490 e. The fourth-order valence-electron chi connectivity index (χ4n) is 3.35. The lowest BCUT2D eigenvalue weighted by molar-refractivity contribution is 0.0743. The topological polar surface area (TPSA) is 59.8 Å². The fraction of sp³-hybridized carbons (Fsp3) is 0.368. The first-order chi connectivity index (χ1) is 11.4.